The molecule has 100 valence electrons. The fourth-order valence-electron chi connectivity index (χ4n) is 1.50. The zero-order valence-corrected chi connectivity index (χ0v) is 11.3. The van der Waals surface area contributed by atoms with Gasteiger partial charge in [0.15, 0.2) is 0 Å². The zero-order chi connectivity index (χ0) is 13.5. The summed E-state index contributed by atoms with van der Waals surface area (Å²) >= 11 is 0. The molecule has 0 bridgehead atoms. The minimum absolute atomic E-state index is 0.115. The number of hydrogen-bond acceptors (Lipinski definition) is 3. The van der Waals surface area contributed by atoms with Gasteiger partial charge < -0.3 is 15.8 Å². The Morgan fingerprint density at radius 1 is 1.39 bits per heavy atom. The van der Waals surface area contributed by atoms with Crippen molar-refractivity contribution in [1.82, 2.24) is 0 Å². The summed E-state index contributed by atoms with van der Waals surface area (Å²) in [5, 5.41) is 2.86. The standard InChI is InChI=1S/C14H22N2O2/c1-4-18-9-11-7-5-6-8-12(11)16-14(17)13(15)10(2)3/h5-8,10,13H,4,9,15H2,1-3H3,(H,16,17). The molecule has 0 saturated carbocycles. The molecule has 4 heteroatoms. The SMILES string of the molecule is CCOCc1ccccc1NC(=O)C(N)C(C)C. The smallest absolute Gasteiger partial charge is 0.241 e. The van der Waals surface area contributed by atoms with Crippen molar-refractivity contribution in [3.63, 3.8) is 0 Å². The van der Waals surface area contributed by atoms with Gasteiger partial charge in [-0.25, -0.2) is 0 Å². The molecule has 0 heterocycles. The van der Waals surface area contributed by atoms with E-state index in [2.05, 4.69) is 5.32 Å². The number of carbonyl (C=O) groups excluding carboxylic acids is 1. The van der Waals surface area contributed by atoms with Crippen LogP contribution in [0.4, 0.5) is 5.69 Å². The molecule has 0 spiro atoms. The largest absolute Gasteiger partial charge is 0.377 e. The second-order valence-electron chi connectivity index (χ2n) is 4.55. The highest BCUT2D eigenvalue weighted by Crippen LogP contribution is 2.16. The summed E-state index contributed by atoms with van der Waals surface area (Å²) in [5.41, 5.74) is 7.55. The summed E-state index contributed by atoms with van der Waals surface area (Å²) < 4.78 is 5.37. The number of nitrogens with two attached hydrogens (primary N) is 1. The van der Waals surface area contributed by atoms with E-state index in [4.69, 9.17) is 10.5 Å². The van der Waals surface area contributed by atoms with Crippen LogP contribution in [0.5, 0.6) is 0 Å². The maximum Gasteiger partial charge on any atom is 0.241 e. The van der Waals surface area contributed by atoms with Crippen molar-refractivity contribution in [3.05, 3.63) is 29.8 Å². The normalized spacial score (nSPS) is 12.5. The zero-order valence-electron chi connectivity index (χ0n) is 11.3. The lowest BCUT2D eigenvalue weighted by Gasteiger charge is -2.17. The molecule has 1 atom stereocenters. The fourth-order valence-corrected chi connectivity index (χ4v) is 1.50. The predicted molar refractivity (Wildman–Crippen MR) is 73.2 cm³/mol. The van der Waals surface area contributed by atoms with E-state index >= 15 is 0 Å². The monoisotopic (exact) mass is 250 g/mol. The van der Waals surface area contributed by atoms with Gasteiger partial charge >= 0.3 is 0 Å². The van der Waals surface area contributed by atoms with Crippen LogP contribution in [0, 0.1) is 5.92 Å². The average molecular weight is 250 g/mol. The van der Waals surface area contributed by atoms with Crippen LogP contribution in [-0.2, 0) is 16.1 Å². The molecule has 1 aromatic rings. The van der Waals surface area contributed by atoms with E-state index in [9.17, 15) is 4.79 Å². The van der Waals surface area contributed by atoms with Gasteiger partial charge in [-0.3, -0.25) is 4.79 Å². The number of nitrogens with one attached hydrogen (secondary N) is 1. The third-order valence-electron chi connectivity index (χ3n) is 2.76. The summed E-state index contributed by atoms with van der Waals surface area (Å²) in [6.07, 6.45) is 0. The fraction of sp³-hybridized carbons (Fsp3) is 0.500. The lowest BCUT2D eigenvalue weighted by atomic mass is 10.0. The first-order valence-electron chi connectivity index (χ1n) is 6.28. The van der Waals surface area contributed by atoms with Gasteiger partial charge in [-0.2, -0.15) is 0 Å². The Kier molecular flexibility index (Phi) is 5.82. The number of anilines is 1. The van der Waals surface area contributed by atoms with Gasteiger partial charge in [0.05, 0.1) is 12.6 Å². The summed E-state index contributed by atoms with van der Waals surface area (Å²) in [5.74, 6) is -0.0435. The van der Waals surface area contributed by atoms with Crippen LogP contribution >= 0.6 is 0 Å². The number of carbonyl (C=O) groups is 1. The second-order valence-corrected chi connectivity index (χ2v) is 4.55. The molecule has 4 nitrogen and oxygen atoms in total. The van der Waals surface area contributed by atoms with Crippen LogP contribution in [0.15, 0.2) is 24.3 Å². The maximum atomic E-state index is 11.9. The quantitative estimate of drug-likeness (QED) is 0.813. The minimum Gasteiger partial charge on any atom is -0.377 e. The Hall–Kier alpha value is -1.39. The molecule has 0 fully saturated rings. The number of hydrogen-bond donors (Lipinski definition) is 2. The van der Waals surface area contributed by atoms with Crippen LogP contribution in [0.2, 0.25) is 0 Å². The summed E-state index contributed by atoms with van der Waals surface area (Å²) in [6, 6.07) is 7.11. The van der Waals surface area contributed by atoms with Crippen molar-refractivity contribution in [2.45, 2.75) is 33.4 Å². The van der Waals surface area contributed by atoms with Crippen molar-refractivity contribution in [2.75, 3.05) is 11.9 Å². The van der Waals surface area contributed by atoms with E-state index in [1.807, 2.05) is 45.0 Å². The maximum absolute atomic E-state index is 11.9. The van der Waals surface area contributed by atoms with E-state index < -0.39 is 6.04 Å². The number of rotatable bonds is 6. The number of amides is 1. The van der Waals surface area contributed by atoms with E-state index in [-0.39, 0.29) is 11.8 Å². The van der Waals surface area contributed by atoms with Crippen molar-refractivity contribution >= 4 is 11.6 Å². The van der Waals surface area contributed by atoms with E-state index in [1.54, 1.807) is 0 Å². The lowest BCUT2D eigenvalue weighted by Crippen LogP contribution is -2.39. The molecule has 1 aromatic carbocycles. The third-order valence-corrected chi connectivity index (χ3v) is 2.76. The Morgan fingerprint density at radius 3 is 2.67 bits per heavy atom. The molecule has 0 saturated heterocycles. The molecule has 18 heavy (non-hydrogen) atoms. The Balaban J connectivity index is 2.74. The highest BCUT2D eigenvalue weighted by Gasteiger charge is 2.17. The van der Waals surface area contributed by atoms with Gasteiger partial charge in [0.25, 0.3) is 0 Å². The molecule has 0 radical (unpaired) electrons. The predicted octanol–water partition coefficient (Wildman–Crippen LogP) is 2.14. The number of ether oxygens (including phenoxy) is 1. The minimum atomic E-state index is -0.495. The number of para-hydroxylation sites is 1. The lowest BCUT2D eigenvalue weighted by molar-refractivity contribution is -0.118. The molecule has 0 aliphatic rings. The molecule has 0 aliphatic heterocycles. The summed E-state index contributed by atoms with van der Waals surface area (Å²) in [4.78, 5) is 11.9. The van der Waals surface area contributed by atoms with Gasteiger partial charge in [0, 0.05) is 17.9 Å². The average Bonchev–Trinajstić information content (AvgIpc) is 2.36. The van der Waals surface area contributed by atoms with Crippen LogP contribution in [0.25, 0.3) is 0 Å². The molecule has 3 N–H and O–H groups in total. The van der Waals surface area contributed by atoms with Gasteiger partial charge in [-0.05, 0) is 18.9 Å². The highest BCUT2D eigenvalue weighted by atomic mass is 16.5. The van der Waals surface area contributed by atoms with E-state index in [0.717, 1.165) is 11.3 Å². The molecule has 1 amide bonds. The molecular formula is C14H22N2O2. The second kappa shape index (κ2) is 7.13. The topological polar surface area (TPSA) is 64.3 Å². The van der Waals surface area contributed by atoms with Crippen LogP contribution < -0.4 is 11.1 Å². The Labute approximate surface area is 109 Å². The van der Waals surface area contributed by atoms with Crippen molar-refractivity contribution in [3.8, 4) is 0 Å². The highest BCUT2D eigenvalue weighted by molar-refractivity contribution is 5.95. The van der Waals surface area contributed by atoms with Crippen LogP contribution in [0.3, 0.4) is 0 Å². The Morgan fingerprint density at radius 2 is 2.06 bits per heavy atom. The first-order chi connectivity index (χ1) is 8.56. The van der Waals surface area contributed by atoms with E-state index in [1.165, 1.54) is 0 Å². The molecule has 1 unspecified atom stereocenters. The van der Waals surface area contributed by atoms with Crippen molar-refractivity contribution in [1.29, 1.82) is 0 Å². The third kappa shape index (κ3) is 4.13. The molecule has 0 aromatic heterocycles. The molecule has 0 aliphatic carbocycles. The Bertz CT molecular complexity index is 391. The summed E-state index contributed by atoms with van der Waals surface area (Å²) in [6.45, 7) is 6.93. The molecular weight excluding hydrogens is 228 g/mol. The summed E-state index contributed by atoms with van der Waals surface area (Å²) in [7, 11) is 0. The van der Waals surface area contributed by atoms with Gasteiger partial charge in [-0.15, -0.1) is 0 Å². The first-order valence-corrected chi connectivity index (χ1v) is 6.28. The van der Waals surface area contributed by atoms with Crippen molar-refractivity contribution in [2.24, 2.45) is 11.7 Å². The van der Waals surface area contributed by atoms with Crippen LogP contribution in [0.1, 0.15) is 26.3 Å². The number of benzene rings is 1. The molecule has 1 rings (SSSR count). The first kappa shape index (κ1) is 14.7. The van der Waals surface area contributed by atoms with Crippen LogP contribution in [-0.4, -0.2) is 18.6 Å². The van der Waals surface area contributed by atoms with Crippen molar-refractivity contribution < 1.29 is 9.53 Å². The van der Waals surface area contributed by atoms with Gasteiger partial charge in [-0.1, -0.05) is 32.0 Å². The van der Waals surface area contributed by atoms with Gasteiger partial charge in [0.1, 0.15) is 0 Å². The van der Waals surface area contributed by atoms with E-state index in [0.29, 0.717) is 13.2 Å². The van der Waals surface area contributed by atoms with Gasteiger partial charge in [0.2, 0.25) is 5.91 Å².